The van der Waals surface area contributed by atoms with Crippen molar-refractivity contribution < 1.29 is 17.5 Å². The van der Waals surface area contributed by atoms with Crippen molar-refractivity contribution in [2.45, 2.75) is 31.1 Å². The highest BCUT2D eigenvalue weighted by molar-refractivity contribution is 7.89. The van der Waals surface area contributed by atoms with E-state index in [1.165, 1.54) is 6.07 Å². The summed E-state index contributed by atoms with van der Waals surface area (Å²) in [6.07, 6.45) is 2.81. The number of anilines is 1. The second-order valence-corrected chi connectivity index (χ2v) is 7.44. The Balaban J connectivity index is 2.11. The molecule has 1 aromatic carbocycles. The fourth-order valence-corrected chi connectivity index (χ4v) is 3.71. The maximum atomic E-state index is 13.3. The van der Waals surface area contributed by atoms with Crippen molar-refractivity contribution in [1.82, 2.24) is 4.72 Å². The lowest BCUT2D eigenvalue weighted by atomic mass is 10.0. The van der Waals surface area contributed by atoms with Crippen molar-refractivity contribution >= 4 is 15.7 Å². The third-order valence-corrected chi connectivity index (χ3v) is 5.56. The van der Waals surface area contributed by atoms with Crippen LogP contribution in [0.1, 0.15) is 24.8 Å². The van der Waals surface area contributed by atoms with E-state index in [0.29, 0.717) is 18.7 Å². The monoisotopic (exact) mass is 316 g/mol. The zero-order valence-corrected chi connectivity index (χ0v) is 13.1. The first kappa shape index (κ1) is 16.2. The molecular formula is C14H21FN2O3S. The molecule has 118 valence electrons. The maximum absolute atomic E-state index is 13.3. The Morgan fingerprint density at radius 2 is 2.10 bits per heavy atom. The zero-order chi connectivity index (χ0) is 15.7. The van der Waals surface area contributed by atoms with Gasteiger partial charge in [0.1, 0.15) is 5.82 Å². The van der Waals surface area contributed by atoms with Crippen LogP contribution in [0, 0.1) is 18.2 Å². The molecule has 0 heterocycles. The van der Waals surface area contributed by atoms with Gasteiger partial charge < -0.3 is 10.5 Å². The summed E-state index contributed by atoms with van der Waals surface area (Å²) < 4.78 is 45.7. The van der Waals surface area contributed by atoms with Gasteiger partial charge in [0.2, 0.25) is 10.0 Å². The summed E-state index contributed by atoms with van der Waals surface area (Å²) in [6, 6.07) is 2.31. The summed E-state index contributed by atoms with van der Waals surface area (Å²) in [5.41, 5.74) is 5.64. The average Bonchev–Trinajstić information content (AvgIpc) is 3.19. The molecule has 1 fully saturated rings. The van der Waals surface area contributed by atoms with E-state index in [9.17, 15) is 12.8 Å². The summed E-state index contributed by atoms with van der Waals surface area (Å²) in [5, 5.41) is 0. The number of halogens is 1. The molecular weight excluding hydrogens is 295 g/mol. The molecule has 0 amide bonds. The van der Waals surface area contributed by atoms with Gasteiger partial charge in [-0.3, -0.25) is 0 Å². The number of nitrogen functional groups attached to an aromatic ring is 1. The molecule has 1 saturated carbocycles. The fourth-order valence-electron chi connectivity index (χ4n) is 2.29. The highest BCUT2D eigenvalue weighted by atomic mass is 32.2. The SMILES string of the molecule is COCCC1(CNS(=O)(=O)c2cc(N)c(F)cc2C)CC1. The Bertz CT molecular complexity index is 627. The van der Waals surface area contributed by atoms with E-state index in [0.717, 1.165) is 25.3 Å². The molecule has 0 aliphatic heterocycles. The number of aryl methyl sites for hydroxylation is 1. The minimum atomic E-state index is -3.69. The Hall–Kier alpha value is -1.18. The summed E-state index contributed by atoms with van der Waals surface area (Å²) in [5.74, 6) is -0.606. The smallest absolute Gasteiger partial charge is 0.240 e. The number of methoxy groups -OCH3 is 1. The van der Waals surface area contributed by atoms with E-state index >= 15 is 0 Å². The van der Waals surface area contributed by atoms with Gasteiger partial charge in [-0.15, -0.1) is 0 Å². The molecule has 1 aromatic rings. The van der Waals surface area contributed by atoms with Gasteiger partial charge in [-0.2, -0.15) is 0 Å². The predicted molar refractivity (Wildman–Crippen MR) is 78.9 cm³/mol. The zero-order valence-electron chi connectivity index (χ0n) is 12.3. The average molecular weight is 316 g/mol. The number of hydrogen-bond acceptors (Lipinski definition) is 4. The molecule has 2 rings (SSSR count). The van der Waals surface area contributed by atoms with Crippen molar-refractivity contribution in [1.29, 1.82) is 0 Å². The Morgan fingerprint density at radius 1 is 1.43 bits per heavy atom. The molecule has 0 saturated heterocycles. The minimum absolute atomic E-state index is 0.00254. The van der Waals surface area contributed by atoms with E-state index in [4.69, 9.17) is 10.5 Å². The molecule has 1 aliphatic rings. The van der Waals surface area contributed by atoms with Gasteiger partial charge in [0.15, 0.2) is 0 Å². The Labute approximate surface area is 124 Å². The number of hydrogen-bond donors (Lipinski definition) is 2. The van der Waals surface area contributed by atoms with Crippen molar-refractivity contribution in [2.24, 2.45) is 5.41 Å². The van der Waals surface area contributed by atoms with E-state index in [-0.39, 0.29) is 16.0 Å². The Morgan fingerprint density at radius 3 is 2.67 bits per heavy atom. The van der Waals surface area contributed by atoms with Crippen molar-refractivity contribution in [3.8, 4) is 0 Å². The van der Waals surface area contributed by atoms with Crippen LogP contribution in [0.5, 0.6) is 0 Å². The van der Waals surface area contributed by atoms with Gasteiger partial charge in [0.25, 0.3) is 0 Å². The molecule has 0 radical (unpaired) electrons. The molecule has 5 nitrogen and oxygen atoms in total. The molecule has 0 aromatic heterocycles. The summed E-state index contributed by atoms with van der Waals surface area (Å²) in [6.45, 7) is 2.54. The number of nitrogens with two attached hydrogens (primary N) is 1. The first-order chi connectivity index (χ1) is 9.80. The van der Waals surface area contributed by atoms with Crippen molar-refractivity contribution in [3.05, 3.63) is 23.5 Å². The maximum Gasteiger partial charge on any atom is 0.240 e. The lowest BCUT2D eigenvalue weighted by molar-refractivity contribution is 0.173. The first-order valence-electron chi connectivity index (χ1n) is 6.84. The molecule has 7 heteroatoms. The van der Waals surface area contributed by atoms with Crippen molar-refractivity contribution in [2.75, 3.05) is 26.0 Å². The Kier molecular flexibility index (Phi) is 4.55. The van der Waals surface area contributed by atoms with Crippen LogP contribution in [0.3, 0.4) is 0 Å². The summed E-state index contributed by atoms with van der Waals surface area (Å²) in [7, 11) is -2.06. The van der Waals surface area contributed by atoms with Gasteiger partial charge in [-0.05, 0) is 49.3 Å². The lowest BCUT2D eigenvalue weighted by Gasteiger charge is -2.16. The highest BCUT2D eigenvalue weighted by Crippen LogP contribution is 2.48. The number of benzene rings is 1. The minimum Gasteiger partial charge on any atom is -0.396 e. The molecule has 21 heavy (non-hydrogen) atoms. The number of ether oxygens (including phenoxy) is 1. The molecule has 0 unspecified atom stereocenters. The fraction of sp³-hybridized carbons (Fsp3) is 0.571. The van der Waals surface area contributed by atoms with Crippen LogP contribution in [0.15, 0.2) is 17.0 Å². The van der Waals surface area contributed by atoms with Gasteiger partial charge >= 0.3 is 0 Å². The summed E-state index contributed by atoms with van der Waals surface area (Å²) >= 11 is 0. The van der Waals surface area contributed by atoms with Crippen LogP contribution in [0.2, 0.25) is 0 Å². The summed E-state index contributed by atoms with van der Waals surface area (Å²) in [4.78, 5) is 0.0314. The molecule has 0 atom stereocenters. The molecule has 0 spiro atoms. The van der Waals surface area contributed by atoms with E-state index in [1.807, 2.05) is 0 Å². The second kappa shape index (κ2) is 5.90. The number of nitrogens with one attached hydrogen (secondary N) is 1. The largest absolute Gasteiger partial charge is 0.396 e. The van der Waals surface area contributed by atoms with Crippen LogP contribution in [-0.4, -0.2) is 28.7 Å². The lowest BCUT2D eigenvalue weighted by Crippen LogP contribution is -2.31. The van der Waals surface area contributed by atoms with Gasteiger partial charge in [-0.25, -0.2) is 17.5 Å². The van der Waals surface area contributed by atoms with Gasteiger partial charge in [0.05, 0.1) is 10.6 Å². The van der Waals surface area contributed by atoms with Crippen LogP contribution in [0.25, 0.3) is 0 Å². The van der Waals surface area contributed by atoms with Crippen LogP contribution in [-0.2, 0) is 14.8 Å². The molecule has 3 N–H and O–H groups in total. The van der Waals surface area contributed by atoms with E-state index < -0.39 is 15.8 Å². The van der Waals surface area contributed by atoms with Gasteiger partial charge in [0, 0.05) is 20.3 Å². The van der Waals surface area contributed by atoms with Crippen molar-refractivity contribution in [3.63, 3.8) is 0 Å². The standard InChI is InChI=1S/C14H21FN2O3S/c1-10-7-11(15)12(16)8-13(10)21(18,19)17-9-14(3-4-14)5-6-20-2/h7-8,17H,3-6,9,16H2,1-2H3. The van der Waals surface area contributed by atoms with E-state index in [2.05, 4.69) is 4.72 Å². The van der Waals surface area contributed by atoms with Crippen LogP contribution in [0.4, 0.5) is 10.1 Å². The third kappa shape index (κ3) is 3.72. The second-order valence-electron chi connectivity index (χ2n) is 5.71. The third-order valence-electron chi connectivity index (χ3n) is 4.01. The number of rotatable bonds is 7. The number of sulfonamides is 1. The normalized spacial score (nSPS) is 16.9. The molecule has 1 aliphatic carbocycles. The van der Waals surface area contributed by atoms with Crippen LogP contribution < -0.4 is 10.5 Å². The first-order valence-corrected chi connectivity index (χ1v) is 8.32. The predicted octanol–water partition coefficient (Wildman–Crippen LogP) is 1.81. The molecule has 0 bridgehead atoms. The van der Waals surface area contributed by atoms with E-state index in [1.54, 1.807) is 14.0 Å². The quantitative estimate of drug-likeness (QED) is 0.752. The van der Waals surface area contributed by atoms with Crippen LogP contribution >= 0.6 is 0 Å². The van der Waals surface area contributed by atoms with Gasteiger partial charge in [-0.1, -0.05) is 0 Å². The topological polar surface area (TPSA) is 81.4 Å². The highest BCUT2D eigenvalue weighted by Gasteiger charge is 2.42.